The van der Waals surface area contributed by atoms with Crippen LogP contribution in [0.25, 0.3) is 10.1 Å². The van der Waals surface area contributed by atoms with Crippen LogP contribution in [-0.4, -0.2) is 5.91 Å². The van der Waals surface area contributed by atoms with Gasteiger partial charge in [0.15, 0.2) is 0 Å². The fourth-order valence-electron chi connectivity index (χ4n) is 2.89. The summed E-state index contributed by atoms with van der Waals surface area (Å²) < 4.78 is 6.45. The largest absolute Gasteiger partial charge is 0.467 e. The summed E-state index contributed by atoms with van der Waals surface area (Å²) in [6, 6.07) is 16.8. The predicted molar refractivity (Wildman–Crippen MR) is 112 cm³/mol. The van der Waals surface area contributed by atoms with E-state index in [1.165, 1.54) is 11.3 Å². The molecule has 2 aromatic heterocycles. The number of fused-ring (bicyclic) bond motifs is 1. The molecule has 0 saturated carbocycles. The molecule has 27 heavy (non-hydrogen) atoms. The van der Waals surface area contributed by atoms with Gasteiger partial charge in [-0.3, -0.25) is 4.79 Å². The number of aryl methyl sites for hydroxylation is 1. The van der Waals surface area contributed by atoms with Crippen LogP contribution in [0.4, 0.5) is 5.69 Å². The van der Waals surface area contributed by atoms with Gasteiger partial charge < -0.3 is 9.32 Å². The van der Waals surface area contributed by atoms with Gasteiger partial charge in [0.05, 0.1) is 17.8 Å². The van der Waals surface area contributed by atoms with Gasteiger partial charge in [-0.25, -0.2) is 0 Å². The fourth-order valence-corrected chi connectivity index (χ4v) is 4.58. The van der Waals surface area contributed by atoms with E-state index < -0.39 is 0 Å². The number of nitrogens with zero attached hydrogens (tertiary/aromatic N) is 1. The van der Waals surface area contributed by atoms with Gasteiger partial charge in [-0.2, -0.15) is 0 Å². The summed E-state index contributed by atoms with van der Waals surface area (Å²) in [4.78, 5) is 15.6. The van der Waals surface area contributed by atoms with Crippen molar-refractivity contribution in [2.24, 2.45) is 0 Å². The van der Waals surface area contributed by atoms with E-state index in [2.05, 4.69) is 0 Å². The number of thiophene rings is 1. The van der Waals surface area contributed by atoms with Gasteiger partial charge in [-0.05, 0) is 55.0 Å². The van der Waals surface area contributed by atoms with E-state index in [0.717, 1.165) is 21.3 Å². The minimum atomic E-state index is -0.169. The minimum Gasteiger partial charge on any atom is -0.467 e. The monoisotopic (exact) mass is 415 g/mol. The number of carbonyl (C=O) groups excluding carboxylic acids is 1. The van der Waals surface area contributed by atoms with Gasteiger partial charge in [0.25, 0.3) is 5.91 Å². The Bertz CT molecular complexity index is 1100. The second-order valence-corrected chi connectivity index (χ2v) is 8.06. The van der Waals surface area contributed by atoms with Crippen LogP contribution in [-0.2, 0) is 6.54 Å². The highest BCUT2D eigenvalue weighted by molar-refractivity contribution is 7.21. The van der Waals surface area contributed by atoms with Gasteiger partial charge in [-0.1, -0.05) is 35.3 Å². The molecule has 4 aromatic rings. The summed E-state index contributed by atoms with van der Waals surface area (Å²) in [5, 5.41) is 1.99. The zero-order valence-corrected chi connectivity index (χ0v) is 16.7. The SMILES string of the molecule is Cc1ccc2c(Cl)c(C(=O)N(Cc3ccco3)c3ccc(Cl)cc3)sc2c1. The van der Waals surface area contributed by atoms with E-state index in [4.69, 9.17) is 27.6 Å². The molecule has 2 heterocycles. The lowest BCUT2D eigenvalue weighted by Crippen LogP contribution is -2.29. The Morgan fingerprint density at radius 3 is 2.59 bits per heavy atom. The topological polar surface area (TPSA) is 33.5 Å². The maximum Gasteiger partial charge on any atom is 0.270 e. The molecular weight excluding hydrogens is 401 g/mol. The first-order valence-electron chi connectivity index (χ1n) is 8.31. The van der Waals surface area contributed by atoms with Gasteiger partial charge in [0.1, 0.15) is 10.6 Å². The summed E-state index contributed by atoms with van der Waals surface area (Å²) in [6.45, 7) is 2.32. The highest BCUT2D eigenvalue weighted by atomic mass is 35.5. The first-order chi connectivity index (χ1) is 13.0. The average Bonchev–Trinajstić information content (AvgIpc) is 3.28. The molecule has 136 valence electrons. The van der Waals surface area contributed by atoms with Crippen molar-refractivity contribution < 1.29 is 9.21 Å². The van der Waals surface area contributed by atoms with E-state index in [1.807, 2.05) is 43.3 Å². The molecule has 0 fully saturated rings. The third-order valence-electron chi connectivity index (χ3n) is 4.26. The smallest absolute Gasteiger partial charge is 0.270 e. The minimum absolute atomic E-state index is 0.169. The normalized spacial score (nSPS) is 11.1. The molecule has 0 aliphatic heterocycles. The molecule has 3 nitrogen and oxygen atoms in total. The van der Waals surface area contributed by atoms with Crippen molar-refractivity contribution in [2.45, 2.75) is 13.5 Å². The molecule has 0 aliphatic carbocycles. The van der Waals surface area contributed by atoms with E-state index in [1.54, 1.807) is 29.4 Å². The quantitative estimate of drug-likeness (QED) is 0.360. The Labute approximate surface area is 170 Å². The molecule has 0 aliphatic rings. The van der Waals surface area contributed by atoms with Crippen molar-refractivity contribution in [3.8, 4) is 0 Å². The molecule has 0 radical (unpaired) electrons. The van der Waals surface area contributed by atoms with Gasteiger partial charge >= 0.3 is 0 Å². The van der Waals surface area contributed by atoms with E-state index in [9.17, 15) is 4.79 Å². The molecule has 0 spiro atoms. The summed E-state index contributed by atoms with van der Waals surface area (Å²) in [5.41, 5.74) is 1.86. The number of hydrogen-bond acceptors (Lipinski definition) is 3. The molecule has 0 saturated heterocycles. The van der Waals surface area contributed by atoms with Crippen LogP contribution in [0.15, 0.2) is 65.3 Å². The first kappa shape index (κ1) is 18.1. The number of carbonyl (C=O) groups is 1. The zero-order valence-electron chi connectivity index (χ0n) is 14.4. The van der Waals surface area contributed by atoms with Crippen LogP contribution in [0.5, 0.6) is 0 Å². The molecule has 0 atom stereocenters. The maximum absolute atomic E-state index is 13.4. The molecule has 4 rings (SSSR count). The summed E-state index contributed by atoms with van der Waals surface area (Å²) in [6.07, 6.45) is 1.59. The molecule has 6 heteroatoms. The van der Waals surface area contributed by atoms with Crippen molar-refractivity contribution in [1.29, 1.82) is 0 Å². The Balaban J connectivity index is 1.78. The predicted octanol–water partition coefficient (Wildman–Crippen LogP) is 6.96. The van der Waals surface area contributed by atoms with Crippen molar-refractivity contribution >= 4 is 56.2 Å². The summed E-state index contributed by atoms with van der Waals surface area (Å²) in [5.74, 6) is 0.518. The first-order valence-corrected chi connectivity index (χ1v) is 9.88. The van der Waals surface area contributed by atoms with Crippen molar-refractivity contribution in [1.82, 2.24) is 0 Å². The number of benzene rings is 2. The van der Waals surface area contributed by atoms with Crippen LogP contribution in [0, 0.1) is 6.92 Å². The number of hydrogen-bond donors (Lipinski definition) is 0. The zero-order chi connectivity index (χ0) is 19.0. The molecule has 1 amide bonds. The molecule has 0 bridgehead atoms. The number of halogens is 2. The lowest BCUT2D eigenvalue weighted by Gasteiger charge is -2.21. The van der Waals surface area contributed by atoms with Crippen molar-refractivity contribution in [3.63, 3.8) is 0 Å². The van der Waals surface area contributed by atoms with E-state index in [-0.39, 0.29) is 5.91 Å². The fraction of sp³-hybridized carbons (Fsp3) is 0.0952. The highest BCUT2D eigenvalue weighted by Gasteiger charge is 2.25. The molecule has 2 aromatic carbocycles. The van der Waals surface area contributed by atoms with Gasteiger partial charge in [-0.15, -0.1) is 11.3 Å². The van der Waals surface area contributed by atoms with E-state index in [0.29, 0.717) is 27.2 Å². The lowest BCUT2D eigenvalue weighted by atomic mass is 10.2. The van der Waals surface area contributed by atoms with Gasteiger partial charge in [0.2, 0.25) is 0 Å². The third kappa shape index (κ3) is 3.61. The highest BCUT2D eigenvalue weighted by Crippen LogP contribution is 2.37. The summed E-state index contributed by atoms with van der Waals surface area (Å²) >= 11 is 14.0. The Morgan fingerprint density at radius 1 is 1.11 bits per heavy atom. The van der Waals surface area contributed by atoms with E-state index >= 15 is 0 Å². The standard InChI is InChI=1S/C21H15Cl2NO2S/c1-13-4-9-17-18(11-13)27-20(19(17)23)21(25)24(12-16-3-2-10-26-16)15-7-5-14(22)6-8-15/h2-11H,12H2,1H3. The van der Waals surface area contributed by atoms with Crippen molar-refractivity contribution in [3.05, 3.63) is 87.1 Å². The molecule has 0 unspecified atom stereocenters. The molecule has 0 N–H and O–H groups in total. The Kier molecular flexibility index (Phi) is 4.96. The maximum atomic E-state index is 13.4. The Morgan fingerprint density at radius 2 is 1.89 bits per heavy atom. The van der Waals surface area contributed by atoms with Gasteiger partial charge in [0, 0.05) is 20.8 Å². The van der Waals surface area contributed by atoms with Crippen LogP contribution >= 0.6 is 34.5 Å². The summed E-state index contributed by atoms with van der Waals surface area (Å²) in [7, 11) is 0. The average molecular weight is 416 g/mol. The van der Waals surface area contributed by atoms with Crippen LogP contribution < -0.4 is 4.90 Å². The second-order valence-electron chi connectivity index (χ2n) is 6.19. The third-order valence-corrected chi connectivity index (χ3v) is 6.15. The number of amides is 1. The Hall–Kier alpha value is -2.27. The van der Waals surface area contributed by atoms with Crippen LogP contribution in [0.1, 0.15) is 21.0 Å². The number of furan rings is 1. The van der Waals surface area contributed by atoms with Crippen LogP contribution in [0.3, 0.4) is 0 Å². The number of anilines is 1. The molecular formula is C21H15Cl2NO2S. The van der Waals surface area contributed by atoms with Crippen molar-refractivity contribution in [2.75, 3.05) is 4.90 Å². The second kappa shape index (κ2) is 7.39. The number of rotatable bonds is 4. The lowest BCUT2D eigenvalue weighted by molar-refractivity contribution is 0.0987. The van der Waals surface area contributed by atoms with Crippen LogP contribution in [0.2, 0.25) is 10.0 Å².